The van der Waals surface area contributed by atoms with Crippen molar-refractivity contribution >= 4 is 23.1 Å². The van der Waals surface area contributed by atoms with Gasteiger partial charge in [0.2, 0.25) is 0 Å². The van der Waals surface area contributed by atoms with Gasteiger partial charge < -0.3 is 20.1 Å². The molecule has 0 spiro atoms. The lowest BCUT2D eigenvalue weighted by atomic mass is 10.1. The minimum atomic E-state index is -0.236. The van der Waals surface area contributed by atoms with E-state index in [2.05, 4.69) is 10.6 Å². The maximum atomic E-state index is 12.1. The topological polar surface area (TPSA) is 72.5 Å². The summed E-state index contributed by atoms with van der Waals surface area (Å²) < 4.78 is 10.7. The number of carbonyl (C=O) groups is 1. The van der Waals surface area contributed by atoms with Crippen LogP contribution in [0, 0.1) is 0 Å². The van der Waals surface area contributed by atoms with Crippen LogP contribution < -0.4 is 20.1 Å². The Bertz CT molecular complexity index is 1190. The summed E-state index contributed by atoms with van der Waals surface area (Å²) in [5.74, 6) is 1.36. The largest absolute Gasteiger partial charge is 0.493 e. The van der Waals surface area contributed by atoms with Crippen molar-refractivity contribution in [3.8, 4) is 33.3 Å². The van der Waals surface area contributed by atoms with Gasteiger partial charge in [0.05, 0.1) is 19.9 Å². The van der Waals surface area contributed by atoms with Crippen molar-refractivity contribution in [1.29, 1.82) is 0 Å². The molecule has 4 aromatic rings. The zero-order valence-electron chi connectivity index (χ0n) is 17.8. The summed E-state index contributed by atoms with van der Waals surface area (Å²) in [5, 5.41) is 8.63. The van der Waals surface area contributed by atoms with Gasteiger partial charge >= 0.3 is 6.03 Å². The molecule has 1 heterocycles. The van der Waals surface area contributed by atoms with Gasteiger partial charge in [-0.2, -0.15) is 0 Å². The Morgan fingerprint density at radius 3 is 2.34 bits per heavy atom. The van der Waals surface area contributed by atoms with E-state index in [-0.39, 0.29) is 6.03 Å². The molecule has 4 rings (SSSR count). The van der Waals surface area contributed by atoms with Gasteiger partial charge in [-0.3, -0.25) is 0 Å². The summed E-state index contributed by atoms with van der Waals surface area (Å²) in [7, 11) is 3.24. The van der Waals surface area contributed by atoms with E-state index in [1.54, 1.807) is 25.6 Å². The Balaban J connectivity index is 1.39. The standard InChI is InChI=1S/C25H23N3O3S/c1-30-22-13-12-19(14-23(22)31-2)21-16-32-24(28-21)18-10-8-17(9-11-18)15-26-25(29)27-20-6-4-3-5-7-20/h3-14,16H,15H2,1-2H3,(H2,26,27,29). The van der Waals surface area contributed by atoms with Crippen molar-refractivity contribution in [2.75, 3.05) is 19.5 Å². The molecule has 0 saturated heterocycles. The summed E-state index contributed by atoms with van der Waals surface area (Å²) in [6, 6.07) is 22.9. The average molecular weight is 446 g/mol. The molecule has 3 aromatic carbocycles. The van der Waals surface area contributed by atoms with Crippen molar-refractivity contribution in [3.63, 3.8) is 0 Å². The first-order valence-electron chi connectivity index (χ1n) is 10.0. The van der Waals surface area contributed by atoms with Crippen LogP contribution in [0.25, 0.3) is 21.8 Å². The molecule has 1 aromatic heterocycles. The minimum Gasteiger partial charge on any atom is -0.493 e. The predicted molar refractivity (Wildman–Crippen MR) is 128 cm³/mol. The maximum absolute atomic E-state index is 12.1. The highest BCUT2D eigenvalue weighted by Crippen LogP contribution is 2.34. The highest BCUT2D eigenvalue weighted by Gasteiger charge is 2.11. The summed E-state index contributed by atoms with van der Waals surface area (Å²) in [6.45, 7) is 0.438. The van der Waals surface area contributed by atoms with Crippen molar-refractivity contribution in [2.24, 2.45) is 0 Å². The van der Waals surface area contributed by atoms with Crippen molar-refractivity contribution in [1.82, 2.24) is 10.3 Å². The van der Waals surface area contributed by atoms with Crippen molar-refractivity contribution in [3.05, 3.63) is 83.7 Å². The lowest BCUT2D eigenvalue weighted by molar-refractivity contribution is 0.251. The maximum Gasteiger partial charge on any atom is 0.319 e. The number of amides is 2. The second-order valence-corrected chi connectivity index (χ2v) is 7.84. The van der Waals surface area contributed by atoms with Crippen LogP contribution in [0.15, 0.2) is 78.2 Å². The van der Waals surface area contributed by atoms with Crippen LogP contribution in [0.1, 0.15) is 5.56 Å². The molecule has 0 aliphatic rings. The molecule has 7 heteroatoms. The second-order valence-electron chi connectivity index (χ2n) is 6.98. The van der Waals surface area contributed by atoms with Crippen LogP contribution in [-0.4, -0.2) is 25.2 Å². The number of thiazole rings is 1. The van der Waals surface area contributed by atoms with Gasteiger partial charge in [0.25, 0.3) is 0 Å². The highest BCUT2D eigenvalue weighted by atomic mass is 32.1. The highest BCUT2D eigenvalue weighted by molar-refractivity contribution is 7.13. The smallest absolute Gasteiger partial charge is 0.319 e. The Hall–Kier alpha value is -3.84. The van der Waals surface area contributed by atoms with Crippen LogP contribution in [0.4, 0.5) is 10.5 Å². The Morgan fingerprint density at radius 1 is 0.906 bits per heavy atom. The molecule has 0 fully saturated rings. The zero-order chi connectivity index (χ0) is 22.3. The Labute approximate surface area is 190 Å². The fraction of sp³-hybridized carbons (Fsp3) is 0.120. The quantitative estimate of drug-likeness (QED) is 0.376. The molecule has 32 heavy (non-hydrogen) atoms. The second kappa shape index (κ2) is 9.98. The summed E-state index contributed by atoms with van der Waals surface area (Å²) in [4.78, 5) is 16.8. The number of nitrogens with one attached hydrogen (secondary N) is 2. The number of ether oxygens (including phenoxy) is 2. The van der Waals surface area contributed by atoms with Crippen molar-refractivity contribution in [2.45, 2.75) is 6.54 Å². The van der Waals surface area contributed by atoms with E-state index in [9.17, 15) is 4.79 Å². The lowest BCUT2D eigenvalue weighted by Gasteiger charge is -2.08. The van der Waals surface area contributed by atoms with Crippen LogP contribution >= 0.6 is 11.3 Å². The van der Waals surface area contributed by atoms with Gasteiger partial charge in [-0.1, -0.05) is 42.5 Å². The number of methoxy groups -OCH3 is 2. The van der Waals surface area contributed by atoms with E-state index in [1.165, 1.54) is 0 Å². The van der Waals surface area contributed by atoms with E-state index in [0.717, 1.165) is 33.1 Å². The third kappa shape index (κ3) is 5.07. The number of hydrogen-bond donors (Lipinski definition) is 2. The van der Waals surface area contributed by atoms with Gasteiger partial charge in [-0.25, -0.2) is 9.78 Å². The molecule has 0 bridgehead atoms. The molecule has 2 amide bonds. The number of anilines is 1. The average Bonchev–Trinajstić information content (AvgIpc) is 3.33. The van der Waals surface area contributed by atoms with E-state index >= 15 is 0 Å². The lowest BCUT2D eigenvalue weighted by Crippen LogP contribution is -2.28. The monoisotopic (exact) mass is 445 g/mol. The van der Waals surface area contributed by atoms with Crippen LogP contribution in [0.5, 0.6) is 11.5 Å². The van der Waals surface area contributed by atoms with Gasteiger partial charge in [0.1, 0.15) is 5.01 Å². The zero-order valence-corrected chi connectivity index (χ0v) is 18.6. The van der Waals surface area contributed by atoms with Gasteiger partial charge in [0.15, 0.2) is 11.5 Å². The van der Waals surface area contributed by atoms with E-state index < -0.39 is 0 Å². The van der Waals surface area contributed by atoms with E-state index in [0.29, 0.717) is 18.0 Å². The number of aromatic nitrogens is 1. The fourth-order valence-electron chi connectivity index (χ4n) is 3.18. The molecule has 0 radical (unpaired) electrons. The molecule has 0 aliphatic carbocycles. The van der Waals surface area contributed by atoms with E-state index in [4.69, 9.17) is 14.5 Å². The summed E-state index contributed by atoms with van der Waals surface area (Å²) in [6.07, 6.45) is 0. The summed E-state index contributed by atoms with van der Waals surface area (Å²) in [5.41, 5.74) is 4.65. The molecule has 0 aliphatic heterocycles. The number of para-hydroxylation sites is 1. The summed E-state index contributed by atoms with van der Waals surface area (Å²) >= 11 is 1.58. The molecule has 0 saturated carbocycles. The first-order chi connectivity index (χ1) is 15.7. The predicted octanol–water partition coefficient (Wildman–Crippen LogP) is 5.82. The molecular weight excluding hydrogens is 422 g/mol. The minimum absolute atomic E-state index is 0.236. The van der Waals surface area contributed by atoms with Crippen LogP contribution in [0.3, 0.4) is 0 Å². The molecule has 0 unspecified atom stereocenters. The number of rotatable bonds is 7. The number of nitrogens with zero attached hydrogens (tertiary/aromatic N) is 1. The number of carbonyl (C=O) groups excluding carboxylic acids is 1. The van der Waals surface area contributed by atoms with Gasteiger partial charge in [-0.15, -0.1) is 11.3 Å². The number of urea groups is 1. The number of benzene rings is 3. The SMILES string of the molecule is COc1ccc(-c2csc(-c3ccc(CNC(=O)Nc4ccccc4)cc3)n2)cc1OC. The van der Waals surface area contributed by atoms with Crippen LogP contribution in [-0.2, 0) is 6.54 Å². The number of hydrogen-bond acceptors (Lipinski definition) is 5. The molecule has 0 atom stereocenters. The van der Waals surface area contributed by atoms with Crippen molar-refractivity contribution < 1.29 is 14.3 Å². The van der Waals surface area contributed by atoms with Gasteiger partial charge in [0, 0.05) is 28.7 Å². The van der Waals surface area contributed by atoms with Crippen LogP contribution in [0.2, 0.25) is 0 Å². The Kier molecular flexibility index (Phi) is 6.67. The fourth-order valence-corrected chi connectivity index (χ4v) is 4.01. The molecule has 6 nitrogen and oxygen atoms in total. The third-order valence-corrected chi connectivity index (χ3v) is 5.76. The third-order valence-electron chi connectivity index (χ3n) is 4.87. The Morgan fingerprint density at radius 2 is 1.62 bits per heavy atom. The first kappa shape index (κ1) is 21.4. The normalized spacial score (nSPS) is 10.4. The van der Waals surface area contributed by atoms with Gasteiger partial charge in [-0.05, 0) is 35.9 Å². The van der Waals surface area contributed by atoms with E-state index in [1.807, 2.05) is 78.2 Å². The molecule has 2 N–H and O–H groups in total. The molecular formula is C25H23N3O3S. The molecule has 162 valence electrons. The first-order valence-corrected chi connectivity index (χ1v) is 10.9.